The smallest absolute Gasteiger partial charge is 0.321 e. The number of aromatic nitrogens is 1. The van der Waals surface area contributed by atoms with Gasteiger partial charge in [-0.2, -0.15) is 4.31 Å². The molecule has 6 nitrogen and oxygen atoms in total. The van der Waals surface area contributed by atoms with Crippen LogP contribution in [0, 0.1) is 5.82 Å². The molecule has 20 heavy (non-hydrogen) atoms. The number of ether oxygens (including phenoxy) is 1. The Kier molecular flexibility index (Phi) is 6.03. The van der Waals surface area contributed by atoms with Crippen LogP contribution in [-0.4, -0.2) is 43.4 Å². The Labute approximate surface area is 117 Å². The SMILES string of the molecule is CCCN(CC(=O)OCC)S(=O)(=O)c1ncccc1F. The van der Waals surface area contributed by atoms with Crippen LogP contribution in [0.25, 0.3) is 0 Å². The summed E-state index contributed by atoms with van der Waals surface area (Å²) in [6, 6.07) is 2.30. The zero-order chi connectivity index (χ0) is 15.2. The summed E-state index contributed by atoms with van der Waals surface area (Å²) in [5.41, 5.74) is 0. The van der Waals surface area contributed by atoms with Crippen molar-refractivity contribution in [1.82, 2.24) is 9.29 Å². The van der Waals surface area contributed by atoms with Crippen LogP contribution >= 0.6 is 0 Å². The van der Waals surface area contributed by atoms with Gasteiger partial charge in [0.05, 0.1) is 6.61 Å². The molecule has 1 heterocycles. The minimum Gasteiger partial charge on any atom is -0.465 e. The van der Waals surface area contributed by atoms with E-state index in [0.29, 0.717) is 6.42 Å². The standard InChI is InChI=1S/C12H17FN2O4S/c1-3-8-15(9-11(16)19-4-2)20(17,18)12-10(13)6-5-7-14-12/h5-7H,3-4,8-9H2,1-2H3. The maximum atomic E-state index is 13.6. The average Bonchev–Trinajstić information content (AvgIpc) is 2.38. The van der Waals surface area contributed by atoms with E-state index in [1.807, 2.05) is 0 Å². The molecule has 0 fully saturated rings. The number of nitrogens with zero attached hydrogens (tertiary/aromatic N) is 2. The molecule has 0 aliphatic carbocycles. The van der Waals surface area contributed by atoms with E-state index in [0.717, 1.165) is 10.4 Å². The van der Waals surface area contributed by atoms with Gasteiger partial charge in [-0.15, -0.1) is 0 Å². The van der Waals surface area contributed by atoms with E-state index in [1.54, 1.807) is 13.8 Å². The molecular formula is C12H17FN2O4S. The van der Waals surface area contributed by atoms with E-state index in [2.05, 4.69) is 4.98 Å². The van der Waals surface area contributed by atoms with Crippen molar-refractivity contribution in [2.24, 2.45) is 0 Å². The molecule has 1 aromatic rings. The summed E-state index contributed by atoms with van der Waals surface area (Å²) in [6.45, 7) is 3.14. The molecule has 0 atom stereocenters. The maximum absolute atomic E-state index is 13.6. The van der Waals surface area contributed by atoms with Crippen LogP contribution in [0.15, 0.2) is 23.4 Å². The fraction of sp³-hybridized carbons (Fsp3) is 0.500. The number of esters is 1. The Bertz CT molecular complexity index is 562. The highest BCUT2D eigenvalue weighted by atomic mass is 32.2. The molecule has 0 aliphatic heterocycles. The third-order valence-corrected chi connectivity index (χ3v) is 4.17. The summed E-state index contributed by atoms with van der Waals surface area (Å²) < 4.78 is 43.8. The summed E-state index contributed by atoms with van der Waals surface area (Å²) >= 11 is 0. The van der Waals surface area contributed by atoms with Crippen molar-refractivity contribution < 1.29 is 22.3 Å². The topological polar surface area (TPSA) is 76.6 Å². The minimum atomic E-state index is -4.16. The first-order valence-electron chi connectivity index (χ1n) is 6.19. The fourth-order valence-corrected chi connectivity index (χ4v) is 3.02. The third kappa shape index (κ3) is 3.97. The quantitative estimate of drug-likeness (QED) is 0.707. The van der Waals surface area contributed by atoms with Crippen molar-refractivity contribution in [3.8, 4) is 0 Å². The highest BCUT2D eigenvalue weighted by Gasteiger charge is 2.30. The second-order valence-corrected chi connectivity index (χ2v) is 5.79. The third-order valence-electron chi connectivity index (χ3n) is 2.39. The van der Waals surface area contributed by atoms with Gasteiger partial charge in [0.1, 0.15) is 6.54 Å². The molecule has 112 valence electrons. The van der Waals surface area contributed by atoms with Crippen molar-refractivity contribution in [2.45, 2.75) is 25.3 Å². The molecule has 0 amide bonds. The molecule has 0 aliphatic rings. The number of pyridine rings is 1. The second kappa shape index (κ2) is 7.30. The van der Waals surface area contributed by atoms with Gasteiger partial charge < -0.3 is 4.74 Å². The van der Waals surface area contributed by atoms with Gasteiger partial charge in [-0.25, -0.2) is 17.8 Å². The molecule has 0 unspecified atom stereocenters. The second-order valence-electron chi connectivity index (χ2n) is 3.93. The van der Waals surface area contributed by atoms with Crippen molar-refractivity contribution in [1.29, 1.82) is 0 Å². The van der Waals surface area contributed by atoms with E-state index in [9.17, 15) is 17.6 Å². The van der Waals surface area contributed by atoms with Crippen LogP contribution in [0.1, 0.15) is 20.3 Å². The Balaban J connectivity index is 3.06. The van der Waals surface area contributed by atoms with Gasteiger partial charge >= 0.3 is 5.97 Å². The predicted octanol–water partition coefficient (Wildman–Crippen LogP) is 1.18. The van der Waals surface area contributed by atoms with Crippen LogP contribution < -0.4 is 0 Å². The minimum absolute atomic E-state index is 0.0805. The lowest BCUT2D eigenvalue weighted by Gasteiger charge is -2.20. The molecule has 0 aromatic carbocycles. The van der Waals surface area contributed by atoms with Crippen LogP contribution in [0.3, 0.4) is 0 Å². The highest BCUT2D eigenvalue weighted by molar-refractivity contribution is 7.89. The van der Waals surface area contributed by atoms with Crippen molar-refractivity contribution in [2.75, 3.05) is 19.7 Å². The first-order chi connectivity index (χ1) is 9.43. The summed E-state index contributed by atoms with van der Waals surface area (Å²) in [4.78, 5) is 15.0. The fourth-order valence-electron chi connectivity index (χ4n) is 1.57. The number of sulfonamides is 1. The largest absolute Gasteiger partial charge is 0.465 e. The number of carbonyl (C=O) groups excluding carboxylic acids is 1. The number of hydrogen-bond acceptors (Lipinski definition) is 5. The van der Waals surface area contributed by atoms with E-state index >= 15 is 0 Å². The predicted molar refractivity (Wildman–Crippen MR) is 69.9 cm³/mol. The summed E-state index contributed by atoms with van der Waals surface area (Å²) in [6.07, 6.45) is 1.66. The van der Waals surface area contributed by atoms with Gasteiger partial charge in [-0.1, -0.05) is 6.92 Å². The van der Waals surface area contributed by atoms with Crippen molar-refractivity contribution >= 4 is 16.0 Å². The van der Waals surface area contributed by atoms with Crippen molar-refractivity contribution in [3.63, 3.8) is 0 Å². The Morgan fingerprint density at radius 2 is 2.15 bits per heavy atom. The Hall–Kier alpha value is -1.54. The lowest BCUT2D eigenvalue weighted by molar-refractivity contribution is -0.143. The van der Waals surface area contributed by atoms with Gasteiger partial charge in [-0.3, -0.25) is 4.79 Å². The van der Waals surface area contributed by atoms with E-state index in [-0.39, 0.29) is 13.2 Å². The van der Waals surface area contributed by atoms with Crippen LogP contribution in [0.5, 0.6) is 0 Å². The molecule has 1 aromatic heterocycles. The lowest BCUT2D eigenvalue weighted by atomic mass is 10.5. The van der Waals surface area contributed by atoms with Crippen LogP contribution in [0.2, 0.25) is 0 Å². The summed E-state index contributed by atoms with van der Waals surface area (Å²) in [5.74, 6) is -1.63. The van der Waals surface area contributed by atoms with Crippen LogP contribution in [-0.2, 0) is 19.6 Å². The first-order valence-corrected chi connectivity index (χ1v) is 7.63. The molecule has 0 saturated heterocycles. The molecule has 0 spiro atoms. The van der Waals surface area contributed by atoms with Gasteiger partial charge in [0.25, 0.3) is 10.0 Å². The van der Waals surface area contributed by atoms with E-state index < -0.39 is 33.4 Å². The highest BCUT2D eigenvalue weighted by Crippen LogP contribution is 2.16. The molecule has 8 heteroatoms. The zero-order valence-electron chi connectivity index (χ0n) is 11.4. The normalized spacial score (nSPS) is 11.6. The van der Waals surface area contributed by atoms with E-state index in [4.69, 9.17) is 4.74 Å². The summed E-state index contributed by atoms with van der Waals surface area (Å²) in [7, 11) is -4.16. The average molecular weight is 304 g/mol. The molecule has 0 N–H and O–H groups in total. The lowest BCUT2D eigenvalue weighted by Crippen LogP contribution is -2.37. The Morgan fingerprint density at radius 3 is 2.70 bits per heavy atom. The number of halogens is 1. The summed E-state index contributed by atoms with van der Waals surface area (Å²) in [5, 5.41) is -0.683. The van der Waals surface area contributed by atoms with Gasteiger partial charge in [0.2, 0.25) is 5.03 Å². The molecular weight excluding hydrogens is 287 g/mol. The molecule has 0 bridgehead atoms. The molecule has 0 saturated carbocycles. The zero-order valence-corrected chi connectivity index (χ0v) is 12.2. The van der Waals surface area contributed by atoms with Crippen molar-refractivity contribution in [3.05, 3.63) is 24.1 Å². The Morgan fingerprint density at radius 1 is 1.45 bits per heavy atom. The molecule has 0 radical (unpaired) electrons. The van der Waals surface area contributed by atoms with Gasteiger partial charge in [-0.05, 0) is 25.5 Å². The number of rotatable bonds is 7. The first kappa shape index (κ1) is 16.5. The van der Waals surface area contributed by atoms with Gasteiger partial charge in [0, 0.05) is 12.7 Å². The monoisotopic (exact) mass is 304 g/mol. The maximum Gasteiger partial charge on any atom is 0.321 e. The number of hydrogen-bond donors (Lipinski definition) is 0. The number of carbonyl (C=O) groups is 1. The molecule has 1 rings (SSSR count). The van der Waals surface area contributed by atoms with Crippen LogP contribution in [0.4, 0.5) is 4.39 Å². The van der Waals surface area contributed by atoms with E-state index in [1.165, 1.54) is 12.3 Å². The van der Waals surface area contributed by atoms with Gasteiger partial charge in [0.15, 0.2) is 5.82 Å².